The molecule has 1 N–H and O–H groups in total. The Morgan fingerprint density at radius 1 is 1.19 bits per heavy atom. The average Bonchev–Trinajstić information content (AvgIpc) is 2.49. The fourth-order valence-electron chi connectivity index (χ4n) is 2.12. The number of amides is 1. The molecule has 9 heteroatoms. The minimum Gasteiger partial charge on any atom is -0.493 e. The summed E-state index contributed by atoms with van der Waals surface area (Å²) in [6, 6.07) is 3.17. The first-order valence-electron chi connectivity index (χ1n) is 8.28. The molecule has 0 radical (unpaired) electrons. The van der Waals surface area contributed by atoms with E-state index in [1.54, 1.807) is 20.8 Å². The molecule has 1 amide bonds. The summed E-state index contributed by atoms with van der Waals surface area (Å²) in [6.45, 7) is 5.39. The summed E-state index contributed by atoms with van der Waals surface area (Å²) in [5.74, 6) is -1.60. The van der Waals surface area contributed by atoms with Crippen LogP contribution in [0.2, 0.25) is 0 Å². The van der Waals surface area contributed by atoms with Crippen molar-refractivity contribution in [1.29, 1.82) is 0 Å². The second-order valence-corrected chi connectivity index (χ2v) is 7.00. The Labute approximate surface area is 155 Å². The number of aliphatic carboxylic acids is 1. The first kappa shape index (κ1) is 22.6. The van der Waals surface area contributed by atoms with Crippen LogP contribution in [0.5, 0.6) is 5.75 Å². The van der Waals surface area contributed by atoms with Crippen molar-refractivity contribution in [3.63, 3.8) is 0 Å². The van der Waals surface area contributed by atoms with Crippen molar-refractivity contribution < 1.29 is 37.3 Å². The van der Waals surface area contributed by atoms with Crippen LogP contribution in [0.3, 0.4) is 0 Å². The smallest absolute Gasteiger partial charge is 0.419 e. The number of carboxylic acids is 1. The van der Waals surface area contributed by atoms with Gasteiger partial charge in [0.1, 0.15) is 11.4 Å². The molecule has 0 fully saturated rings. The van der Waals surface area contributed by atoms with E-state index in [9.17, 15) is 22.8 Å². The molecule has 0 aliphatic rings. The van der Waals surface area contributed by atoms with Crippen LogP contribution in [-0.2, 0) is 22.1 Å². The van der Waals surface area contributed by atoms with E-state index in [-0.39, 0.29) is 24.5 Å². The largest absolute Gasteiger partial charge is 0.493 e. The Kier molecular flexibility index (Phi) is 7.50. The molecule has 0 aromatic heterocycles. The summed E-state index contributed by atoms with van der Waals surface area (Å²) in [4.78, 5) is 23.8. The number of carbonyl (C=O) groups excluding carboxylic acids is 1. The molecule has 0 heterocycles. The molecule has 0 saturated carbocycles. The van der Waals surface area contributed by atoms with Crippen molar-refractivity contribution in [3.05, 3.63) is 29.3 Å². The van der Waals surface area contributed by atoms with Crippen LogP contribution in [0.15, 0.2) is 18.2 Å². The van der Waals surface area contributed by atoms with Crippen molar-refractivity contribution in [3.8, 4) is 5.75 Å². The van der Waals surface area contributed by atoms with E-state index in [1.165, 1.54) is 18.0 Å². The second-order valence-electron chi connectivity index (χ2n) is 7.00. The number of rotatable bonds is 7. The first-order valence-corrected chi connectivity index (χ1v) is 8.28. The number of alkyl halides is 3. The molecule has 1 aromatic rings. The molecular formula is C18H24F3NO5. The number of nitrogens with zero attached hydrogens (tertiary/aromatic N) is 1. The van der Waals surface area contributed by atoms with E-state index in [4.69, 9.17) is 14.6 Å². The quantitative estimate of drug-likeness (QED) is 0.712. The zero-order chi connectivity index (χ0) is 20.8. The van der Waals surface area contributed by atoms with E-state index in [0.717, 1.165) is 12.1 Å². The van der Waals surface area contributed by atoms with Gasteiger partial charge in [0.05, 0.1) is 18.6 Å². The molecule has 1 aromatic carbocycles. The Morgan fingerprint density at radius 2 is 1.81 bits per heavy atom. The monoisotopic (exact) mass is 391 g/mol. The summed E-state index contributed by atoms with van der Waals surface area (Å²) in [5, 5.41) is 8.72. The van der Waals surface area contributed by atoms with Gasteiger partial charge in [-0.05, 0) is 44.9 Å². The Morgan fingerprint density at radius 3 is 2.33 bits per heavy atom. The highest BCUT2D eigenvalue weighted by Crippen LogP contribution is 2.37. The molecule has 0 bridgehead atoms. The molecule has 0 atom stereocenters. The highest BCUT2D eigenvalue weighted by Gasteiger charge is 2.34. The second kappa shape index (κ2) is 8.96. The SMILES string of the molecule is CN(CCCOc1ccc(CC(=O)O)cc1C(F)(F)F)C(=O)OC(C)(C)C. The number of carbonyl (C=O) groups is 2. The third-order valence-electron chi connectivity index (χ3n) is 3.31. The van der Waals surface area contributed by atoms with Crippen LogP contribution in [-0.4, -0.2) is 47.9 Å². The van der Waals surface area contributed by atoms with Crippen LogP contribution >= 0.6 is 0 Å². The van der Waals surface area contributed by atoms with Crippen molar-refractivity contribution >= 4 is 12.1 Å². The van der Waals surface area contributed by atoms with Gasteiger partial charge in [-0.15, -0.1) is 0 Å². The molecule has 152 valence electrons. The molecule has 0 saturated heterocycles. The molecule has 0 spiro atoms. The third kappa shape index (κ3) is 8.19. The van der Waals surface area contributed by atoms with Gasteiger partial charge in [0.25, 0.3) is 0 Å². The van der Waals surface area contributed by atoms with Crippen LogP contribution in [0, 0.1) is 0 Å². The van der Waals surface area contributed by atoms with E-state index in [1.807, 2.05) is 0 Å². The highest BCUT2D eigenvalue weighted by molar-refractivity contribution is 5.70. The van der Waals surface area contributed by atoms with E-state index < -0.39 is 35.8 Å². The van der Waals surface area contributed by atoms with Crippen molar-refractivity contribution in [2.24, 2.45) is 0 Å². The molecule has 0 aliphatic carbocycles. The Bertz CT molecular complexity index is 668. The number of benzene rings is 1. The maximum Gasteiger partial charge on any atom is 0.419 e. The van der Waals surface area contributed by atoms with E-state index in [2.05, 4.69) is 0 Å². The third-order valence-corrected chi connectivity index (χ3v) is 3.31. The summed E-state index contributed by atoms with van der Waals surface area (Å²) >= 11 is 0. The number of carboxylic acid groups (broad SMARTS) is 1. The zero-order valence-corrected chi connectivity index (χ0v) is 15.7. The molecule has 0 aliphatic heterocycles. The van der Waals surface area contributed by atoms with E-state index >= 15 is 0 Å². The van der Waals surface area contributed by atoms with E-state index in [0.29, 0.717) is 6.42 Å². The van der Waals surface area contributed by atoms with Crippen LogP contribution in [0.4, 0.5) is 18.0 Å². The minimum atomic E-state index is -4.67. The van der Waals surface area contributed by atoms with Crippen molar-refractivity contribution in [1.82, 2.24) is 4.90 Å². The van der Waals surface area contributed by atoms with Gasteiger partial charge in [0.15, 0.2) is 0 Å². The lowest BCUT2D eigenvalue weighted by molar-refractivity contribution is -0.139. The topological polar surface area (TPSA) is 76.1 Å². The van der Waals surface area contributed by atoms with Gasteiger partial charge in [0, 0.05) is 13.6 Å². The van der Waals surface area contributed by atoms with Gasteiger partial charge >= 0.3 is 18.2 Å². The molecular weight excluding hydrogens is 367 g/mol. The van der Waals surface area contributed by atoms with Gasteiger partial charge in [0.2, 0.25) is 0 Å². The maximum absolute atomic E-state index is 13.2. The summed E-state index contributed by atoms with van der Waals surface area (Å²) in [7, 11) is 1.52. The lowest BCUT2D eigenvalue weighted by atomic mass is 10.1. The number of hydrogen-bond acceptors (Lipinski definition) is 4. The average molecular weight is 391 g/mol. The van der Waals surface area contributed by atoms with Gasteiger partial charge in [-0.1, -0.05) is 6.07 Å². The molecule has 27 heavy (non-hydrogen) atoms. The fraction of sp³-hybridized carbons (Fsp3) is 0.556. The fourth-order valence-corrected chi connectivity index (χ4v) is 2.12. The number of halogens is 3. The van der Waals surface area contributed by atoms with Gasteiger partial charge in [-0.2, -0.15) is 13.2 Å². The Balaban J connectivity index is 2.66. The molecule has 1 rings (SSSR count). The standard InChI is InChI=1S/C18H24F3NO5/c1-17(2,3)27-16(25)22(4)8-5-9-26-14-7-6-12(11-15(23)24)10-13(14)18(19,20)21/h6-7,10H,5,8-9,11H2,1-4H3,(H,23,24). The van der Waals surface area contributed by atoms with Crippen molar-refractivity contribution in [2.75, 3.05) is 20.2 Å². The zero-order valence-electron chi connectivity index (χ0n) is 15.7. The lowest BCUT2D eigenvalue weighted by Crippen LogP contribution is -2.35. The maximum atomic E-state index is 13.2. The highest BCUT2D eigenvalue weighted by atomic mass is 19.4. The first-order chi connectivity index (χ1) is 12.3. The summed E-state index contributed by atoms with van der Waals surface area (Å²) < 4.78 is 49.9. The molecule has 0 unspecified atom stereocenters. The van der Waals surface area contributed by atoms with Crippen LogP contribution in [0.25, 0.3) is 0 Å². The Hall–Kier alpha value is -2.45. The number of hydrogen-bond donors (Lipinski definition) is 1. The summed E-state index contributed by atoms with van der Waals surface area (Å²) in [5.41, 5.74) is -1.63. The number of ether oxygens (including phenoxy) is 2. The normalized spacial score (nSPS) is 11.8. The van der Waals surface area contributed by atoms with Crippen LogP contribution in [0.1, 0.15) is 38.3 Å². The van der Waals surface area contributed by atoms with Gasteiger partial charge < -0.3 is 19.5 Å². The van der Waals surface area contributed by atoms with Crippen LogP contribution < -0.4 is 4.74 Å². The van der Waals surface area contributed by atoms with Gasteiger partial charge in [-0.3, -0.25) is 4.79 Å². The lowest BCUT2D eigenvalue weighted by Gasteiger charge is -2.24. The minimum absolute atomic E-state index is 0.0341. The predicted octanol–water partition coefficient (Wildman–Crippen LogP) is 3.97. The predicted molar refractivity (Wildman–Crippen MR) is 91.8 cm³/mol. The van der Waals surface area contributed by atoms with Crippen molar-refractivity contribution in [2.45, 2.75) is 45.4 Å². The molecule has 6 nitrogen and oxygen atoms in total. The summed E-state index contributed by atoms with van der Waals surface area (Å²) in [6.07, 6.45) is -5.41. The van der Waals surface area contributed by atoms with Gasteiger partial charge in [-0.25, -0.2) is 4.79 Å².